The average Bonchev–Trinajstić information content (AvgIpc) is 3.34. The van der Waals surface area contributed by atoms with Gasteiger partial charge in [-0.05, 0) is 42.7 Å². The van der Waals surface area contributed by atoms with Crippen LogP contribution in [-0.4, -0.2) is 27.8 Å². The molecule has 0 fully saturated rings. The van der Waals surface area contributed by atoms with Gasteiger partial charge >= 0.3 is 0 Å². The number of methoxy groups -OCH3 is 1. The Hall–Kier alpha value is -4.04. The summed E-state index contributed by atoms with van der Waals surface area (Å²) in [5, 5.41) is 11.8. The summed E-state index contributed by atoms with van der Waals surface area (Å²) in [6.07, 6.45) is 0.942. The number of amides is 1. The van der Waals surface area contributed by atoms with E-state index in [4.69, 9.17) is 14.8 Å². The summed E-state index contributed by atoms with van der Waals surface area (Å²) < 4.78 is 7.48. The molecule has 0 bridgehead atoms. The molecule has 37 heavy (non-hydrogen) atoms. The van der Waals surface area contributed by atoms with Crippen LogP contribution in [0.4, 0.5) is 11.6 Å². The number of carbonyl (C=O) groups excluding carboxylic acids is 1. The van der Waals surface area contributed by atoms with Gasteiger partial charge in [-0.2, -0.15) is 4.98 Å². The van der Waals surface area contributed by atoms with Crippen molar-refractivity contribution in [1.82, 2.24) is 14.8 Å². The van der Waals surface area contributed by atoms with Crippen molar-refractivity contribution < 1.29 is 9.53 Å². The molecule has 188 valence electrons. The van der Waals surface area contributed by atoms with Crippen molar-refractivity contribution in [2.45, 2.75) is 37.2 Å². The molecule has 1 unspecified atom stereocenters. The highest BCUT2D eigenvalue weighted by atomic mass is 32.2. The molecule has 2 N–H and O–H groups in total. The second-order valence-corrected chi connectivity index (χ2v) is 9.69. The first-order valence-corrected chi connectivity index (χ1v) is 13.2. The molecule has 3 aromatic carbocycles. The number of ether oxygens (including phenoxy) is 1. The number of carbonyl (C=O) groups is 1. The fourth-order valence-corrected chi connectivity index (χ4v) is 5.20. The summed E-state index contributed by atoms with van der Waals surface area (Å²) in [6.45, 7) is 4.00. The second kappa shape index (κ2) is 10.9. The topological polar surface area (TPSA) is 81.1 Å². The standard InChI is InChI=1S/C29H29N5O2S/c1-4-20-14-16-22(17-15-20)31-27(35)25-19(2)30-28-32-29(37-18-21-10-6-5-7-11-21)33-34(28)26(25)23-12-8-9-13-24(23)36-3/h5-17,26H,4,18H2,1-3H3,(H,31,35)(H,30,32,33). The van der Waals surface area contributed by atoms with Crippen molar-refractivity contribution in [3.05, 3.63) is 107 Å². The number of rotatable bonds is 8. The number of nitrogens with zero attached hydrogens (tertiary/aromatic N) is 3. The van der Waals surface area contributed by atoms with Crippen LogP contribution >= 0.6 is 11.8 Å². The maximum absolute atomic E-state index is 13.7. The average molecular weight is 512 g/mol. The predicted molar refractivity (Wildman–Crippen MR) is 148 cm³/mol. The van der Waals surface area contributed by atoms with Crippen molar-refractivity contribution in [2.24, 2.45) is 0 Å². The van der Waals surface area contributed by atoms with E-state index in [9.17, 15) is 4.79 Å². The molecule has 4 aromatic rings. The monoisotopic (exact) mass is 511 g/mol. The van der Waals surface area contributed by atoms with E-state index in [0.717, 1.165) is 29.1 Å². The molecule has 1 atom stereocenters. The van der Waals surface area contributed by atoms with E-state index in [1.165, 1.54) is 11.1 Å². The number of thioether (sulfide) groups is 1. The molecular weight excluding hydrogens is 482 g/mol. The normalized spacial score (nSPS) is 14.6. The zero-order valence-electron chi connectivity index (χ0n) is 21.1. The van der Waals surface area contributed by atoms with Crippen molar-refractivity contribution in [2.75, 3.05) is 17.7 Å². The summed E-state index contributed by atoms with van der Waals surface area (Å²) in [7, 11) is 1.63. The Bertz CT molecular complexity index is 1430. The van der Waals surface area contributed by atoms with Crippen molar-refractivity contribution in [1.29, 1.82) is 0 Å². The zero-order chi connectivity index (χ0) is 25.8. The second-order valence-electron chi connectivity index (χ2n) is 8.75. The van der Waals surface area contributed by atoms with Gasteiger partial charge in [0.25, 0.3) is 5.91 Å². The van der Waals surface area contributed by atoms with Crippen LogP contribution in [0.5, 0.6) is 5.75 Å². The van der Waals surface area contributed by atoms with Gasteiger partial charge in [0.1, 0.15) is 11.8 Å². The number of nitrogens with one attached hydrogen (secondary N) is 2. The molecule has 0 saturated carbocycles. The first kappa shape index (κ1) is 24.6. The number of para-hydroxylation sites is 1. The lowest BCUT2D eigenvalue weighted by Gasteiger charge is -2.29. The quantitative estimate of drug-likeness (QED) is 0.280. The number of aromatic nitrogens is 3. The molecule has 1 aliphatic rings. The van der Waals surface area contributed by atoms with Crippen LogP contribution in [-0.2, 0) is 17.0 Å². The van der Waals surface area contributed by atoms with Gasteiger partial charge in [0.05, 0.1) is 12.7 Å². The van der Waals surface area contributed by atoms with Gasteiger partial charge in [-0.3, -0.25) is 4.79 Å². The number of anilines is 2. The Labute approximate surface area is 221 Å². The summed E-state index contributed by atoms with van der Waals surface area (Å²) in [4.78, 5) is 18.5. The zero-order valence-corrected chi connectivity index (χ0v) is 21.9. The highest BCUT2D eigenvalue weighted by molar-refractivity contribution is 7.98. The molecule has 0 aliphatic carbocycles. The molecule has 1 amide bonds. The maximum Gasteiger partial charge on any atom is 0.255 e. The van der Waals surface area contributed by atoms with Crippen LogP contribution in [0.3, 0.4) is 0 Å². The summed E-state index contributed by atoms with van der Waals surface area (Å²) in [6, 6.07) is 25.3. The van der Waals surface area contributed by atoms with Crippen LogP contribution in [0.25, 0.3) is 0 Å². The highest BCUT2D eigenvalue weighted by Crippen LogP contribution is 2.40. The van der Waals surface area contributed by atoms with E-state index < -0.39 is 6.04 Å². The first-order valence-electron chi connectivity index (χ1n) is 12.2. The maximum atomic E-state index is 13.7. The number of fused-ring (bicyclic) bond motifs is 1. The first-order chi connectivity index (χ1) is 18.1. The SMILES string of the molecule is CCc1ccc(NC(=O)C2=C(C)Nc3nc(SCc4ccccc4)nn3C2c2ccccc2OC)cc1. The lowest BCUT2D eigenvalue weighted by atomic mass is 9.94. The Kier molecular flexibility index (Phi) is 7.28. The van der Waals surface area contributed by atoms with Gasteiger partial charge in [-0.15, -0.1) is 5.10 Å². The van der Waals surface area contributed by atoms with Crippen LogP contribution < -0.4 is 15.4 Å². The van der Waals surface area contributed by atoms with Crippen LogP contribution in [0, 0.1) is 0 Å². The Balaban J connectivity index is 1.50. The molecule has 2 heterocycles. The fourth-order valence-electron chi connectivity index (χ4n) is 4.41. The Morgan fingerprint density at radius 1 is 1.03 bits per heavy atom. The van der Waals surface area contributed by atoms with Crippen molar-refractivity contribution >= 4 is 29.3 Å². The molecule has 5 rings (SSSR count). The van der Waals surface area contributed by atoms with Crippen LogP contribution in [0.1, 0.15) is 36.6 Å². The Morgan fingerprint density at radius 3 is 2.49 bits per heavy atom. The number of allylic oxidation sites excluding steroid dienone is 1. The van der Waals surface area contributed by atoms with E-state index in [1.807, 2.05) is 73.7 Å². The summed E-state index contributed by atoms with van der Waals surface area (Å²) >= 11 is 1.56. The third-order valence-electron chi connectivity index (χ3n) is 6.34. The van der Waals surface area contributed by atoms with E-state index >= 15 is 0 Å². The molecule has 1 aliphatic heterocycles. The van der Waals surface area contributed by atoms with Crippen molar-refractivity contribution in [3.8, 4) is 5.75 Å². The summed E-state index contributed by atoms with van der Waals surface area (Å²) in [5.41, 5.74) is 5.26. The third kappa shape index (κ3) is 5.24. The smallest absolute Gasteiger partial charge is 0.255 e. The van der Waals surface area contributed by atoms with E-state index in [1.54, 1.807) is 23.6 Å². The predicted octanol–water partition coefficient (Wildman–Crippen LogP) is 6.07. The molecule has 0 spiro atoms. The van der Waals surface area contributed by atoms with E-state index in [0.29, 0.717) is 22.4 Å². The van der Waals surface area contributed by atoms with Crippen molar-refractivity contribution in [3.63, 3.8) is 0 Å². The molecule has 7 nitrogen and oxygen atoms in total. The lowest BCUT2D eigenvalue weighted by molar-refractivity contribution is -0.113. The van der Waals surface area contributed by atoms with Crippen LogP contribution in [0.2, 0.25) is 0 Å². The molecule has 1 aromatic heterocycles. The minimum absolute atomic E-state index is 0.204. The third-order valence-corrected chi connectivity index (χ3v) is 7.25. The largest absolute Gasteiger partial charge is 0.496 e. The molecule has 0 saturated heterocycles. The number of aryl methyl sites for hydroxylation is 1. The van der Waals surface area contributed by atoms with Gasteiger partial charge in [-0.25, -0.2) is 4.68 Å². The van der Waals surface area contributed by atoms with Gasteiger partial charge in [0.2, 0.25) is 11.1 Å². The van der Waals surface area contributed by atoms with Gasteiger partial charge in [0, 0.05) is 22.7 Å². The number of hydrogen-bond donors (Lipinski definition) is 2. The highest BCUT2D eigenvalue weighted by Gasteiger charge is 2.36. The van der Waals surface area contributed by atoms with E-state index in [2.05, 4.69) is 29.7 Å². The Morgan fingerprint density at radius 2 is 1.76 bits per heavy atom. The molecule has 0 radical (unpaired) electrons. The summed E-state index contributed by atoms with van der Waals surface area (Å²) in [5.74, 6) is 1.81. The minimum Gasteiger partial charge on any atom is -0.496 e. The fraction of sp³-hybridized carbons (Fsp3) is 0.207. The number of benzene rings is 3. The lowest BCUT2D eigenvalue weighted by Crippen LogP contribution is -2.31. The number of hydrogen-bond acceptors (Lipinski definition) is 6. The van der Waals surface area contributed by atoms with E-state index in [-0.39, 0.29) is 5.91 Å². The van der Waals surface area contributed by atoms with Gasteiger partial charge in [-0.1, -0.05) is 79.3 Å². The van der Waals surface area contributed by atoms with Gasteiger partial charge < -0.3 is 15.4 Å². The molecular formula is C29H29N5O2S. The van der Waals surface area contributed by atoms with Gasteiger partial charge in [0.15, 0.2) is 0 Å². The van der Waals surface area contributed by atoms with Crippen LogP contribution in [0.15, 0.2) is 95.3 Å². The molecule has 8 heteroatoms. The minimum atomic E-state index is -0.513.